The van der Waals surface area contributed by atoms with E-state index in [-0.39, 0.29) is 24.6 Å². The number of likely N-dealkylation sites (N-methyl/N-ethyl adjacent to an activating group) is 1. The smallest absolute Gasteiger partial charge is 0.234 e. The lowest BCUT2D eigenvalue weighted by Crippen LogP contribution is -2.46. The number of primary amides is 1. The first-order chi connectivity index (χ1) is 5.00. The highest BCUT2D eigenvalue weighted by atomic mass is 16.3. The molecule has 1 amide bonds. The van der Waals surface area contributed by atoms with Crippen molar-refractivity contribution in [2.24, 2.45) is 5.73 Å². The van der Waals surface area contributed by atoms with E-state index in [4.69, 9.17) is 10.8 Å². The van der Waals surface area contributed by atoms with Crippen LogP contribution in [-0.2, 0) is 4.79 Å². The number of aliphatic hydroxyl groups is 1. The van der Waals surface area contributed by atoms with Crippen molar-refractivity contribution in [3.63, 3.8) is 0 Å². The molecule has 0 heterocycles. The largest absolute Gasteiger partial charge is 0.395 e. The van der Waals surface area contributed by atoms with Crippen molar-refractivity contribution in [1.29, 1.82) is 0 Å². The Labute approximate surface area is 67.0 Å². The van der Waals surface area contributed by atoms with E-state index in [9.17, 15) is 4.79 Å². The number of amides is 1. The van der Waals surface area contributed by atoms with Crippen molar-refractivity contribution in [3.8, 4) is 0 Å². The molecule has 0 aliphatic rings. The summed E-state index contributed by atoms with van der Waals surface area (Å²) in [6.07, 6.45) is 0. The molecule has 0 saturated carbocycles. The molecule has 2 atom stereocenters. The van der Waals surface area contributed by atoms with Crippen LogP contribution < -0.4 is 5.73 Å². The molecule has 0 saturated heterocycles. The van der Waals surface area contributed by atoms with Crippen LogP contribution in [0.2, 0.25) is 0 Å². The van der Waals surface area contributed by atoms with Crippen molar-refractivity contribution in [2.45, 2.75) is 25.9 Å². The molecule has 0 aliphatic heterocycles. The summed E-state index contributed by atoms with van der Waals surface area (Å²) in [4.78, 5) is 12.4. The Balaban J connectivity index is 4.00. The van der Waals surface area contributed by atoms with Gasteiger partial charge in [-0.2, -0.15) is 0 Å². The normalized spacial score (nSPS) is 16.5. The van der Waals surface area contributed by atoms with E-state index < -0.39 is 0 Å². The van der Waals surface area contributed by atoms with Gasteiger partial charge in [0.2, 0.25) is 5.91 Å². The molecule has 0 radical (unpaired) electrons. The maximum Gasteiger partial charge on any atom is 0.234 e. The zero-order valence-corrected chi connectivity index (χ0v) is 7.24. The zero-order valence-electron chi connectivity index (χ0n) is 7.24. The van der Waals surface area contributed by atoms with E-state index in [0.717, 1.165) is 0 Å². The van der Waals surface area contributed by atoms with Gasteiger partial charge in [-0.3, -0.25) is 9.69 Å². The summed E-state index contributed by atoms with van der Waals surface area (Å²) in [5.41, 5.74) is 5.07. The van der Waals surface area contributed by atoms with Crippen LogP contribution >= 0.6 is 0 Å². The molecule has 0 bridgehead atoms. The van der Waals surface area contributed by atoms with Gasteiger partial charge in [0.1, 0.15) is 0 Å². The van der Waals surface area contributed by atoms with Crippen LogP contribution in [0, 0.1) is 0 Å². The third-order valence-corrected chi connectivity index (χ3v) is 1.98. The van der Waals surface area contributed by atoms with E-state index in [0.29, 0.717) is 0 Å². The van der Waals surface area contributed by atoms with E-state index in [1.54, 1.807) is 18.9 Å². The van der Waals surface area contributed by atoms with Crippen molar-refractivity contribution < 1.29 is 9.90 Å². The molecule has 4 heteroatoms. The highest BCUT2D eigenvalue weighted by Crippen LogP contribution is 2.00. The molecule has 0 aromatic carbocycles. The Morgan fingerprint density at radius 3 is 2.36 bits per heavy atom. The summed E-state index contributed by atoms with van der Waals surface area (Å²) in [5, 5.41) is 8.74. The minimum Gasteiger partial charge on any atom is -0.395 e. The number of nitrogens with zero attached hydrogens (tertiary/aromatic N) is 1. The minimum atomic E-state index is -0.368. The lowest BCUT2D eigenvalue weighted by Gasteiger charge is -2.27. The molecule has 0 rings (SSSR count). The van der Waals surface area contributed by atoms with Gasteiger partial charge in [-0.25, -0.2) is 0 Å². The summed E-state index contributed by atoms with van der Waals surface area (Å²) in [7, 11) is 1.76. The predicted octanol–water partition coefficient (Wildman–Crippen LogP) is -0.827. The lowest BCUT2D eigenvalue weighted by molar-refractivity contribution is -0.123. The Morgan fingerprint density at radius 2 is 2.09 bits per heavy atom. The Morgan fingerprint density at radius 1 is 1.64 bits per heavy atom. The van der Waals surface area contributed by atoms with Gasteiger partial charge in [0.15, 0.2) is 0 Å². The highest BCUT2D eigenvalue weighted by molar-refractivity contribution is 5.79. The fourth-order valence-corrected chi connectivity index (χ4v) is 0.711. The predicted molar refractivity (Wildman–Crippen MR) is 43.0 cm³/mol. The molecule has 0 aromatic heterocycles. The zero-order chi connectivity index (χ0) is 9.02. The second-order valence-electron chi connectivity index (χ2n) is 2.78. The maximum atomic E-state index is 10.7. The fraction of sp³-hybridized carbons (Fsp3) is 0.857. The number of carbonyl (C=O) groups is 1. The number of hydrogen-bond acceptors (Lipinski definition) is 3. The van der Waals surface area contributed by atoms with Gasteiger partial charge < -0.3 is 10.8 Å². The monoisotopic (exact) mass is 160 g/mol. The molecule has 0 aromatic rings. The van der Waals surface area contributed by atoms with E-state index in [1.807, 2.05) is 6.92 Å². The topological polar surface area (TPSA) is 66.6 Å². The van der Waals surface area contributed by atoms with Gasteiger partial charge in [0, 0.05) is 6.04 Å². The molecule has 0 spiro atoms. The molecule has 0 aliphatic carbocycles. The van der Waals surface area contributed by atoms with Crippen molar-refractivity contribution >= 4 is 5.91 Å². The summed E-state index contributed by atoms with van der Waals surface area (Å²) in [5.74, 6) is -0.368. The first-order valence-corrected chi connectivity index (χ1v) is 3.62. The quantitative estimate of drug-likeness (QED) is 0.564. The van der Waals surface area contributed by atoms with Crippen LogP contribution in [0.1, 0.15) is 13.8 Å². The Kier molecular flexibility index (Phi) is 4.07. The molecular weight excluding hydrogens is 144 g/mol. The van der Waals surface area contributed by atoms with Gasteiger partial charge >= 0.3 is 0 Å². The molecule has 3 N–H and O–H groups in total. The minimum absolute atomic E-state index is 0.0301. The number of hydrogen-bond donors (Lipinski definition) is 2. The molecular formula is C7H16N2O2. The first-order valence-electron chi connectivity index (χ1n) is 3.62. The van der Waals surface area contributed by atoms with Crippen molar-refractivity contribution in [2.75, 3.05) is 13.7 Å². The first kappa shape index (κ1) is 10.4. The molecule has 2 unspecified atom stereocenters. The highest BCUT2D eigenvalue weighted by Gasteiger charge is 2.18. The van der Waals surface area contributed by atoms with Crippen LogP contribution in [0.4, 0.5) is 0 Å². The van der Waals surface area contributed by atoms with Crippen LogP contribution in [0.5, 0.6) is 0 Å². The Bertz CT molecular complexity index is 138. The SMILES string of the molecule is CC(CO)N(C)C(C)C(N)=O. The summed E-state index contributed by atoms with van der Waals surface area (Å²) in [6.45, 7) is 3.59. The molecule has 11 heavy (non-hydrogen) atoms. The number of carbonyl (C=O) groups excluding carboxylic acids is 1. The summed E-state index contributed by atoms with van der Waals surface area (Å²) in [6, 6.07) is -0.352. The van der Waals surface area contributed by atoms with E-state index >= 15 is 0 Å². The number of aliphatic hydroxyl groups excluding tert-OH is 1. The molecule has 4 nitrogen and oxygen atoms in total. The average Bonchev–Trinajstić information content (AvgIpc) is 2.00. The van der Waals surface area contributed by atoms with Gasteiger partial charge in [-0.1, -0.05) is 0 Å². The van der Waals surface area contributed by atoms with Crippen LogP contribution in [0.25, 0.3) is 0 Å². The number of nitrogens with two attached hydrogens (primary N) is 1. The molecule has 66 valence electrons. The van der Waals surface area contributed by atoms with Gasteiger partial charge in [0.05, 0.1) is 12.6 Å². The third-order valence-electron chi connectivity index (χ3n) is 1.98. The summed E-state index contributed by atoms with van der Waals surface area (Å²) < 4.78 is 0. The van der Waals surface area contributed by atoms with E-state index in [2.05, 4.69) is 0 Å². The second-order valence-corrected chi connectivity index (χ2v) is 2.78. The lowest BCUT2D eigenvalue weighted by atomic mass is 10.2. The van der Waals surface area contributed by atoms with Crippen LogP contribution in [0.3, 0.4) is 0 Å². The maximum absolute atomic E-state index is 10.7. The standard InChI is InChI=1S/C7H16N2O2/c1-5(4-10)9(3)6(2)7(8)11/h5-6,10H,4H2,1-3H3,(H2,8,11). The Hall–Kier alpha value is -0.610. The van der Waals surface area contributed by atoms with Crippen molar-refractivity contribution in [3.05, 3.63) is 0 Å². The molecule has 0 fully saturated rings. The van der Waals surface area contributed by atoms with Crippen LogP contribution in [0.15, 0.2) is 0 Å². The third kappa shape index (κ3) is 2.86. The summed E-state index contributed by atoms with van der Waals surface area (Å²) >= 11 is 0. The average molecular weight is 160 g/mol. The number of rotatable bonds is 4. The van der Waals surface area contributed by atoms with Gasteiger partial charge in [-0.15, -0.1) is 0 Å². The van der Waals surface area contributed by atoms with Crippen LogP contribution in [-0.4, -0.2) is 41.7 Å². The van der Waals surface area contributed by atoms with Crippen molar-refractivity contribution in [1.82, 2.24) is 4.90 Å². The van der Waals surface area contributed by atoms with Gasteiger partial charge in [-0.05, 0) is 20.9 Å². The fourth-order valence-electron chi connectivity index (χ4n) is 0.711. The van der Waals surface area contributed by atoms with E-state index in [1.165, 1.54) is 0 Å². The second kappa shape index (κ2) is 4.31. The van der Waals surface area contributed by atoms with Gasteiger partial charge in [0.25, 0.3) is 0 Å².